The zero-order valence-corrected chi connectivity index (χ0v) is 40.4. The summed E-state index contributed by atoms with van der Waals surface area (Å²) in [4.78, 5) is 63.1. The average Bonchev–Trinajstić information content (AvgIpc) is 3.99. The van der Waals surface area contributed by atoms with E-state index in [1.165, 1.54) is 55.6 Å². The molecule has 3 aliphatic rings. The maximum atomic E-state index is 16.5. The Balaban J connectivity index is 0.953. The van der Waals surface area contributed by atoms with Crippen molar-refractivity contribution in [2.24, 2.45) is 5.92 Å². The number of hydrogen-bond acceptors (Lipinski definition) is 18. The maximum absolute atomic E-state index is 16.5. The molecule has 4 N–H and O–H groups in total. The highest BCUT2D eigenvalue weighted by molar-refractivity contribution is 8.54. The highest BCUT2D eigenvalue weighted by Gasteiger charge is 2.54. The third-order valence-electron chi connectivity index (χ3n) is 11.9. The summed E-state index contributed by atoms with van der Waals surface area (Å²) < 4.78 is 94.1. The summed E-state index contributed by atoms with van der Waals surface area (Å²) in [6, 6.07) is 14.3. The predicted octanol–water partition coefficient (Wildman–Crippen LogP) is 7.43. The first-order valence-electron chi connectivity index (χ1n) is 22.7. The molecular formula is C44H54FN7O14P2S. The fourth-order valence-corrected chi connectivity index (χ4v) is 12.6. The number of carbonyl (C=O) groups is 1. The Morgan fingerprint density at radius 1 is 0.870 bits per heavy atom. The van der Waals surface area contributed by atoms with Gasteiger partial charge < -0.3 is 29.6 Å². The Labute approximate surface area is 399 Å². The van der Waals surface area contributed by atoms with E-state index in [0.29, 0.717) is 23.5 Å². The number of H-pyrrole nitrogens is 1. The normalized spacial score (nSPS) is 28.3. The van der Waals surface area contributed by atoms with Gasteiger partial charge in [-0.05, 0) is 59.8 Å². The molecule has 0 saturated carbocycles. The molecule has 69 heavy (non-hydrogen) atoms. The molecular weight excluding hydrogens is 964 g/mol. The molecule has 0 radical (unpaired) electrons. The van der Waals surface area contributed by atoms with Crippen LogP contribution in [0.3, 0.4) is 0 Å². The Kier molecular flexibility index (Phi) is 16.5. The van der Waals surface area contributed by atoms with Crippen molar-refractivity contribution in [2.45, 2.75) is 114 Å². The molecule has 2 unspecified atom stereocenters. The molecule has 0 bridgehead atoms. The minimum atomic E-state index is -5.12. The van der Waals surface area contributed by atoms with Crippen LogP contribution >= 0.6 is 26.0 Å². The number of unbranched alkanes of at least 4 members (excludes halogenated alkanes) is 7. The number of aromatic amines is 1. The number of nitrogens with zero attached hydrogens (tertiary/aromatic N) is 5. The lowest BCUT2D eigenvalue weighted by Crippen LogP contribution is -2.36. The number of hydrogen-bond donors (Lipinski definition) is 3. The van der Waals surface area contributed by atoms with Crippen molar-refractivity contribution in [3.05, 3.63) is 105 Å². The fourth-order valence-electron chi connectivity index (χ4n) is 8.21. The van der Waals surface area contributed by atoms with Gasteiger partial charge in [0.2, 0.25) is 0 Å². The number of benzene rings is 2. The van der Waals surface area contributed by atoms with Gasteiger partial charge in [-0.25, -0.2) is 38.1 Å². The van der Waals surface area contributed by atoms with Gasteiger partial charge in [-0.2, -0.15) is 0 Å². The Morgan fingerprint density at radius 3 is 2.29 bits per heavy atom. The quantitative estimate of drug-likeness (QED) is 0.0354. The number of alkyl halides is 1. The number of phosphoric acid groups is 1. The number of nitrogens with one attached hydrogen (secondary N) is 1. The average molecular weight is 1020 g/mol. The number of rotatable bonds is 17. The number of nitrogen functional groups attached to an aromatic ring is 1. The van der Waals surface area contributed by atoms with Gasteiger partial charge in [-0.3, -0.25) is 37.0 Å². The van der Waals surface area contributed by atoms with E-state index >= 15 is 8.96 Å². The van der Waals surface area contributed by atoms with E-state index in [-0.39, 0.29) is 28.5 Å². The molecule has 25 heteroatoms. The molecule has 3 aromatic heterocycles. The minimum absolute atomic E-state index is 0.00562. The van der Waals surface area contributed by atoms with Crippen LogP contribution < -0.4 is 26.5 Å². The van der Waals surface area contributed by atoms with E-state index in [9.17, 15) is 23.8 Å². The van der Waals surface area contributed by atoms with Crippen LogP contribution in [-0.2, 0) is 42.5 Å². The molecule has 3 aliphatic heterocycles. The van der Waals surface area contributed by atoms with Crippen LogP contribution in [-0.4, -0.2) is 90.3 Å². The SMILES string of the molecule is CCCCCCCCCCOc1ccc(C(=O)Oc2ccc(CSP3(=O)OC[C@H]4O[C@@H](n5cnc6c(N)ncnc65)[C@H](F)[C@@H]4OP(=O)(O)OC[C@H]4O[C@@H](n5ccc(=O)[nH]c5=O)[C@H](C)[C@@H]4O3)cc2)cc1. The topological polar surface area (TPSA) is 270 Å². The van der Waals surface area contributed by atoms with E-state index in [4.69, 9.17) is 42.8 Å². The second-order valence-electron chi connectivity index (χ2n) is 16.8. The number of phosphoric ester groups is 1. The lowest BCUT2D eigenvalue weighted by molar-refractivity contribution is -0.0616. The van der Waals surface area contributed by atoms with Gasteiger partial charge in [0.1, 0.15) is 54.0 Å². The number of halogens is 1. The molecule has 10 atom stereocenters. The number of anilines is 1. The van der Waals surface area contributed by atoms with Crippen LogP contribution in [0.2, 0.25) is 0 Å². The molecule has 6 heterocycles. The first kappa shape index (κ1) is 50.6. The molecule has 21 nitrogen and oxygen atoms in total. The third kappa shape index (κ3) is 12.4. The van der Waals surface area contributed by atoms with Crippen LogP contribution in [0.25, 0.3) is 11.2 Å². The molecule has 0 aliphatic carbocycles. The first-order valence-corrected chi connectivity index (χ1v) is 27.3. The summed E-state index contributed by atoms with van der Waals surface area (Å²) in [6.45, 7) is -1.39. The van der Waals surface area contributed by atoms with Crippen molar-refractivity contribution in [1.29, 1.82) is 0 Å². The Hall–Kier alpha value is -4.80. The highest BCUT2D eigenvalue weighted by atomic mass is 32.7. The van der Waals surface area contributed by atoms with Gasteiger partial charge in [0.25, 0.3) is 5.56 Å². The molecule has 3 saturated heterocycles. The number of carbonyl (C=O) groups excluding carboxylic acids is 1. The number of aromatic nitrogens is 6. The predicted molar refractivity (Wildman–Crippen MR) is 249 cm³/mol. The number of nitrogens with two attached hydrogens (primary N) is 1. The molecule has 2 aromatic carbocycles. The van der Waals surface area contributed by atoms with Gasteiger partial charge in [-0.1, -0.05) is 70.9 Å². The molecule has 3 fully saturated rings. The lowest BCUT2D eigenvalue weighted by Gasteiger charge is -2.30. The summed E-state index contributed by atoms with van der Waals surface area (Å²) in [5.74, 6) is -0.469. The van der Waals surface area contributed by atoms with E-state index < -0.39 is 94.0 Å². The Bertz CT molecular complexity index is 2770. The van der Waals surface area contributed by atoms with Gasteiger partial charge in [0.05, 0.1) is 31.7 Å². The summed E-state index contributed by atoms with van der Waals surface area (Å²) in [6.07, 6.45) is 2.45. The standard InChI is InChI=1S/C44H54FN7O14P2S/c1-3-4-5-6-7-8-9-10-21-59-30-17-13-29(14-18-30)43(54)62-31-15-11-28(12-16-31)24-69-68(58)61-23-33-38(35(45)42(64-33)52-26-49-36-39(46)47-25-48-40(36)52)65-67(56,57)60-22-32-37(66-68)27(2)41(63-32)51-20-19-34(53)50-44(51)55/h11-20,25-27,32-33,35,37-38,41-42H,3-10,21-24H2,1-2H3,(H,56,57)(H2,46,47,48)(H,50,53,55)/t27-,32-,33-,35-,37+,38-,41-,42-,68?/m1/s1. The highest BCUT2D eigenvalue weighted by Crippen LogP contribution is 2.65. The van der Waals surface area contributed by atoms with E-state index in [1.807, 2.05) is 0 Å². The van der Waals surface area contributed by atoms with Gasteiger partial charge in [0.15, 0.2) is 23.9 Å². The van der Waals surface area contributed by atoms with Crippen LogP contribution in [0.5, 0.6) is 11.5 Å². The first-order chi connectivity index (χ1) is 33.2. The molecule has 372 valence electrons. The van der Waals surface area contributed by atoms with Crippen molar-refractivity contribution < 1.29 is 60.3 Å². The van der Waals surface area contributed by atoms with Crippen LogP contribution in [0.1, 0.15) is 93.6 Å². The molecule has 0 amide bonds. The largest absolute Gasteiger partial charge is 0.494 e. The maximum Gasteiger partial charge on any atom is 0.472 e. The van der Waals surface area contributed by atoms with E-state index in [1.54, 1.807) is 55.5 Å². The molecule has 0 spiro atoms. The molecule has 5 aromatic rings. The Morgan fingerprint density at radius 2 is 1.55 bits per heavy atom. The minimum Gasteiger partial charge on any atom is -0.494 e. The number of esters is 1. The zero-order chi connectivity index (χ0) is 48.7. The van der Waals surface area contributed by atoms with Crippen molar-refractivity contribution in [1.82, 2.24) is 29.1 Å². The second-order valence-corrected chi connectivity index (χ2v) is 22.3. The van der Waals surface area contributed by atoms with Crippen molar-refractivity contribution >= 4 is 49.0 Å². The van der Waals surface area contributed by atoms with Crippen LogP contribution in [0, 0.1) is 5.92 Å². The molecule has 8 rings (SSSR count). The summed E-state index contributed by atoms with van der Waals surface area (Å²) in [5.41, 5.74) is 5.64. The second kappa shape index (κ2) is 22.5. The summed E-state index contributed by atoms with van der Waals surface area (Å²) in [7, 11) is -5.12. The van der Waals surface area contributed by atoms with Crippen LogP contribution in [0.4, 0.5) is 10.2 Å². The zero-order valence-electron chi connectivity index (χ0n) is 37.8. The monoisotopic (exact) mass is 1020 g/mol. The van der Waals surface area contributed by atoms with Gasteiger partial charge in [-0.15, -0.1) is 0 Å². The van der Waals surface area contributed by atoms with Gasteiger partial charge in [0, 0.05) is 23.9 Å². The van der Waals surface area contributed by atoms with Crippen LogP contribution in [0.15, 0.2) is 83.0 Å². The van der Waals surface area contributed by atoms with Crippen molar-refractivity contribution in [3.8, 4) is 11.5 Å². The lowest BCUT2D eigenvalue weighted by atomic mass is 10.0. The summed E-state index contributed by atoms with van der Waals surface area (Å²) in [5, 5.41) is 0. The van der Waals surface area contributed by atoms with Crippen molar-refractivity contribution in [2.75, 3.05) is 25.6 Å². The third-order valence-corrected chi connectivity index (χ3v) is 16.5. The van der Waals surface area contributed by atoms with Crippen molar-refractivity contribution in [3.63, 3.8) is 0 Å². The fraction of sp³-hybridized carbons (Fsp3) is 0.500. The number of imidazole rings is 1. The number of ether oxygens (including phenoxy) is 4. The summed E-state index contributed by atoms with van der Waals surface area (Å²) >= 11 is 0.763. The van der Waals surface area contributed by atoms with E-state index in [2.05, 4.69) is 26.9 Å². The number of fused-ring (bicyclic) bond motifs is 3. The van der Waals surface area contributed by atoms with E-state index in [0.717, 1.165) is 41.2 Å². The van der Waals surface area contributed by atoms with Gasteiger partial charge >= 0.3 is 26.3 Å². The smallest absolute Gasteiger partial charge is 0.472 e.